The largest absolute Gasteiger partial charge is 0.492 e. The van der Waals surface area contributed by atoms with E-state index < -0.39 is 46.3 Å². The first-order valence-corrected chi connectivity index (χ1v) is 13.7. The van der Waals surface area contributed by atoms with Crippen LogP contribution in [0.15, 0.2) is 29.3 Å². The lowest BCUT2D eigenvalue weighted by molar-refractivity contribution is -0.138. The zero-order valence-corrected chi connectivity index (χ0v) is 21.7. The first-order valence-electron chi connectivity index (χ1n) is 12.1. The quantitative estimate of drug-likeness (QED) is 0.112. The molecule has 1 heterocycles. The van der Waals surface area contributed by atoms with E-state index in [-0.39, 0.29) is 18.7 Å². The number of nitrogens with zero attached hydrogens (tertiary/aromatic N) is 1. The smallest absolute Gasteiger partial charge is 0.407 e. The molecule has 212 valence electrons. The number of guanidine groups is 1. The summed E-state index contributed by atoms with van der Waals surface area (Å²) in [5.74, 6) is -1.38. The Morgan fingerprint density at radius 2 is 1.89 bits per heavy atom. The summed E-state index contributed by atoms with van der Waals surface area (Å²) in [4.78, 5) is 39.7. The number of carbonyl (C=O) groups is 3. The van der Waals surface area contributed by atoms with Crippen LogP contribution in [0.2, 0.25) is 0 Å². The number of ether oxygens (including phenoxy) is 2. The number of amides is 2. The molecule has 1 atom stereocenters. The van der Waals surface area contributed by atoms with E-state index in [1.807, 2.05) is 4.72 Å². The van der Waals surface area contributed by atoms with Crippen molar-refractivity contribution in [2.45, 2.75) is 18.9 Å². The average molecular weight is 558 g/mol. The van der Waals surface area contributed by atoms with Gasteiger partial charge in [-0.25, -0.2) is 13.2 Å². The lowest BCUT2D eigenvalue weighted by Crippen LogP contribution is -2.49. The van der Waals surface area contributed by atoms with Crippen molar-refractivity contribution in [1.29, 1.82) is 0 Å². The number of carbonyl (C=O) groups excluding carboxylic acids is 2. The molecule has 0 fully saturated rings. The standard InChI is InChI=1S/C22H35N7O8S/c23-7-1-12-37-22(33)27-11-14-38(34,35)29-18(20(31)32)15-28-19(30)16-3-5-17(6-4-16)36-13-10-26-21-24-8-2-9-25-21/h3-6,18,29H,1-2,7-15,23H2,(H,27,33)(H,28,30)(H,31,32)(H2,24,25,26)/t18-/m0/s1. The Labute approximate surface area is 221 Å². The summed E-state index contributed by atoms with van der Waals surface area (Å²) in [6.07, 6.45) is 0.654. The highest BCUT2D eigenvalue weighted by molar-refractivity contribution is 7.89. The summed E-state index contributed by atoms with van der Waals surface area (Å²) in [5.41, 5.74) is 5.52. The van der Waals surface area contributed by atoms with E-state index in [2.05, 4.69) is 26.3 Å². The summed E-state index contributed by atoms with van der Waals surface area (Å²) < 4.78 is 36.8. The molecule has 0 unspecified atom stereocenters. The second-order valence-electron chi connectivity index (χ2n) is 8.05. The number of aliphatic carboxylic acids is 1. The maximum Gasteiger partial charge on any atom is 0.407 e. The lowest BCUT2D eigenvalue weighted by atomic mass is 10.2. The molecule has 1 aromatic carbocycles. The molecule has 2 amide bonds. The van der Waals surface area contributed by atoms with Gasteiger partial charge in [-0.15, -0.1) is 0 Å². The lowest BCUT2D eigenvalue weighted by Gasteiger charge is -2.16. The fraction of sp³-hybridized carbons (Fsp3) is 0.545. The molecule has 1 aliphatic heterocycles. The molecule has 0 spiro atoms. The Morgan fingerprint density at radius 1 is 1.13 bits per heavy atom. The van der Waals surface area contributed by atoms with Crippen LogP contribution >= 0.6 is 0 Å². The Bertz CT molecular complexity index is 1050. The molecule has 0 saturated carbocycles. The van der Waals surface area contributed by atoms with Crippen molar-refractivity contribution in [1.82, 2.24) is 26.0 Å². The van der Waals surface area contributed by atoms with E-state index in [0.29, 0.717) is 31.9 Å². The van der Waals surface area contributed by atoms with Gasteiger partial charge < -0.3 is 41.6 Å². The van der Waals surface area contributed by atoms with Crippen molar-refractivity contribution < 1.29 is 37.4 Å². The summed E-state index contributed by atoms with van der Waals surface area (Å²) in [6.45, 7) is 2.20. The molecule has 1 aliphatic rings. The van der Waals surface area contributed by atoms with Gasteiger partial charge in [-0.3, -0.25) is 14.6 Å². The fourth-order valence-electron chi connectivity index (χ4n) is 3.03. The highest BCUT2D eigenvalue weighted by Gasteiger charge is 2.25. The van der Waals surface area contributed by atoms with Crippen LogP contribution in [0.5, 0.6) is 5.75 Å². The van der Waals surface area contributed by atoms with Crippen LogP contribution in [0.3, 0.4) is 0 Å². The number of sulfonamides is 1. The maximum absolute atomic E-state index is 12.4. The minimum Gasteiger partial charge on any atom is -0.492 e. The summed E-state index contributed by atoms with van der Waals surface area (Å²) in [7, 11) is -4.09. The van der Waals surface area contributed by atoms with Gasteiger partial charge >= 0.3 is 12.1 Å². The van der Waals surface area contributed by atoms with Gasteiger partial charge in [-0.2, -0.15) is 4.72 Å². The molecule has 0 bridgehead atoms. The predicted octanol–water partition coefficient (Wildman–Crippen LogP) is -1.82. The van der Waals surface area contributed by atoms with Gasteiger partial charge in [0.05, 0.1) is 18.9 Å². The van der Waals surface area contributed by atoms with Gasteiger partial charge in [0.25, 0.3) is 5.91 Å². The Hall–Kier alpha value is -3.63. The SMILES string of the molecule is NCCCOC(=O)NCCS(=O)(=O)N[C@@H](CNC(=O)c1ccc(OCCNC2=NCCCN2)cc1)C(=O)O. The van der Waals surface area contributed by atoms with E-state index in [1.54, 1.807) is 12.1 Å². The van der Waals surface area contributed by atoms with Crippen molar-refractivity contribution >= 4 is 34.0 Å². The molecule has 8 N–H and O–H groups in total. The number of carboxylic acid groups (broad SMARTS) is 1. The average Bonchev–Trinajstić information content (AvgIpc) is 2.89. The van der Waals surface area contributed by atoms with Crippen LogP contribution in [0.25, 0.3) is 0 Å². The molecule has 15 nitrogen and oxygen atoms in total. The number of rotatable bonds is 16. The third kappa shape index (κ3) is 12.1. The second kappa shape index (κ2) is 16.3. The van der Waals surface area contributed by atoms with E-state index in [0.717, 1.165) is 25.5 Å². The highest BCUT2D eigenvalue weighted by atomic mass is 32.2. The second-order valence-corrected chi connectivity index (χ2v) is 9.93. The third-order valence-electron chi connectivity index (χ3n) is 4.99. The molecule has 38 heavy (non-hydrogen) atoms. The Morgan fingerprint density at radius 3 is 2.55 bits per heavy atom. The summed E-state index contributed by atoms with van der Waals surface area (Å²) in [6, 6.07) is 4.58. The zero-order valence-electron chi connectivity index (χ0n) is 20.9. The Kier molecular flexibility index (Phi) is 13.1. The number of nitrogens with two attached hydrogens (primary N) is 1. The monoisotopic (exact) mass is 557 g/mol. The highest BCUT2D eigenvalue weighted by Crippen LogP contribution is 2.12. The number of aliphatic imine (C=N–C) groups is 1. The van der Waals surface area contributed by atoms with E-state index in [1.165, 1.54) is 12.1 Å². The molecule has 0 aliphatic carbocycles. The first kappa shape index (κ1) is 30.6. The molecule has 0 aromatic heterocycles. The molecule has 1 aromatic rings. The summed E-state index contributed by atoms with van der Waals surface area (Å²) >= 11 is 0. The first-order chi connectivity index (χ1) is 18.2. The van der Waals surface area contributed by atoms with Crippen molar-refractivity contribution in [3.8, 4) is 5.75 Å². The van der Waals surface area contributed by atoms with Crippen molar-refractivity contribution in [2.75, 3.05) is 58.2 Å². The van der Waals surface area contributed by atoms with Gasteiger partial charge in [-0.05, 0) is 43.7 Å². The maximum atomic E-state index is 12.4. The molecule has 16 heteroatoms. The minimum absolute atomic E-state index is 0.0930. The number of hydrogen-bond donors (Lipinski definition) is 7. The van der Waals surface area contributed by atoms with Gasteiger partial charge in [0.1, 0.15) is 18.4 Å². The number of benzene rings is 1. The van der Waals surface area contributed by atoms with Crippen LogP contribution in [0, 0.1) is 0 Å². The van der Waals surface area contributed by atoms with Gasteiger partial charge in [0, 0.05) is 31.7 Å². The van der Waals surface area contributed by atoms with Gasteiger partial charge in [0.2, 0.25) is 10.0 Å². The van der Waals surface area contributed by atoms with E-state index in [9.17, 15) is 27.9 Å². The van der Waals surface area contributed by atoms with E-state index in [4.69, 9.17) is 15.2 Å². The van der Waals surface area contributed by atoms with Crippen molar-refractivity contribution in [3.63, 3.8) is 0 Å². The van der Waals surface area contributed by atoms with Gasteiger partial charge in [-0.1, -0.05) is 0 Å². The summed E-state index contributed by atoms with van der Waals surface area (Å²) in [5, 5.41) is 20.3. The number of alkyl carbamates (subject to hydrolysis) is 1. The van der Waals surface area contributed by atoms with E-state index >= 15 is 0 Å². The van der Waals surface area contributed by atoms with Crippen LogP contribution in [-0.2, 0) is 19.6 Å². The fourth-order valence-corrected chi connectivity index (χ4v) is 4.14. The zero-order chi connectivity index (χ0) is 27.8. The number of hydrogen-bond acceptors (Lipinski definition) is 11. The molecule has 0 radical (unpaired) electrons. The number of carboxylic acids is 1. The van der Waals surface area contributed by atoms with Crippen LogP contribution in [-0.4, -0.2) is 102 Å². The van der Waals surface area contributed by atoms with Crippen LogP contribution in [0.4, 0.5) is 4.79 Å². The molecule has 0 saturated heterocycles. The van der Waals surface area contributed by atoms with Crippen molar-refractivity contribution in [2.24, 2.45) is 10.7 Å². The van der Waals surface area contributed by atoms with Gasteiger partial charge in [0.15, 0.2) is 5.96 Å². The topological polar surface area (TPSA) is 223 Å². The number of nitrogens with one attached hydrogen (secondary N) is 5. The molecule has 2 rings (SSSR count). The third-order valence-corrected chi connectivity index (χ3v) is 6.37. The van der Waals surface area contributed by atoms with Crippen LogP contribution < -0.4 is 36.5 Å². The Balaban J connectivity index is 1.74. The predicted molar refractivity (Wildman–Crippen MR) is 139 cm³/mol. The molecular weight excluding hydrogens is 522 g/mol. The van der Waals surface area contributed by atoms with Crippen LogP contribution in [0.1, 0.15) is 23.2 Å². The van der Waals surface area contributed by atoms with Crippen molar-refractivity contribution in [3.05, 3.63) is 29.8 Å². The normalized spacial score (nSPS) is 13.9. The molecular formula is C22H35N7O8S. The minimum atomic E-state index is -4.09.